The van der Waals surface area contributed by atoms with E-state index < -0.39 is 0 Å². The molecular weight excluding hydrogens is 160 g/mol. The zero-order valence-corrected chi connectivity index (χ0v) is 6.38. The molecule has 0 saturated heterocycles. The van der Waals surface area contributed by atoms with Crippen molar-refractivity contribution >= 4 is 0 Å². The quantitative estimate of drug-likeness (QED) is 0.374. The van der Waals surface area contributed by atoms with Crippen LogP contribution in [0.15, 0.2) is 11.4 Å². The summed E-state index contributed by atoms with van der Waals surface area (Å²) in [4.78, 5) is 6.35. The first-order valence-corrected chi connectivity index (χ1v) is 3.10. The van der Waals surface area contributed by atoms with Crippen LogP contribution in [-0.2, 0) is 6.54 Å². The van der Waals surface area contributed by atoms with E-state index in [0.29, 0.717) is 11.6 Å². The Morgan fingerprint density at radius 2 is 2.58 bits per heavy atom. The molecule has 1 rings (SSSR count). The van der Waals surface area contributed by atoms with Gasteiger partial charge in [-0.1, -0.05) is 5.11 Å². The Balaban J connectivity index is 2.88. The molecule has 0 radical (unpaired) electrons. The number of hydrogen-bond acceptors (Lipinski definition) is 5. The van der Waals surface area contributed by atoms with Gasteiger partial charge in [-0.15, -0.1) is 10.2 Å². The summed E-state index contributed by atoms with van der Waals surface area (Å²) >= 11 is 0. The lowest BCUT2D eigenvalue weighted by molar-refractivity contribution is 0.386. The molecule has 7 heteroatoms. The maximum absolute atomic E-state index is 8.04. The van der Waals surface area contributed by atoms with Gasteiger partial charge in [-0.05, 0) is 5.53 Å². The summed E-state index contributed by atoms with van der Waals surface area (Å²) in [5, 5.41) is 10.5. The zero-order chi connectivity index (χ0) is 8.81. The molecule has 0 aliphatic carbocycles. The van der Waals surface area contributed by atoms with E-state index in [4.69, 9.17) is 10.3 Å². The van der Waals surface area contributed by atoms with E-state index in [9.17, 15) is 0 Å². The van der Waals surface area contributed by atoms with Crippen LogP contribution in [0.25, 0.3) is 10.4 Å². The molecule has 12 heavy (non-hydrogen) atoms. The topological polar surface area (TPSA) is 96.7 Å². The monoisotopic (exact) mass is 166 g/mol. The molecule has 0 aliphatic rings. The molecule has 0 bridgehead atoms. The van der Waals surface area contributed by atoms with Crippen molar-refractivity contribution in [1.82, 2.24) is 15.2 Å². The van der Waals surface area contributed by atoms with Crippen LogP contribution in [0.3, 0.4) is 0 Å². The highest BCUT2D eigenvalue weighted by atomic mass is 16.5. The fourth-order valence-corrected chi connectivity index (χ4v) is 0.659. The molecule has 7 nitrogen and oxygen atoms in total. The highest BCUT2D eigenvalue weighted by Gasteiger charge is 2.03. The molecule has 1 aromatic rings. The van der Waals surface area contributed by atoms with Crippen LogP contribution in [0.2, 0.25) is 0 Å². The molecule has 0 aliphatic heterocycles. The van der Waals surface area contributed by atoms with Crippen LogP contribution in [0.1, 0.15) is 5.69 Å². The number of nitrogens with zero attached hydrogens (tertiary/aromatic N) is 6. The highest BCUT2D eigenvalue weighted by Crippen LogP contribution is 2.09. The SMILES string of the molecule is COc1ncnnc1CN=[N+]=[N-]. The van der Waals surface area contributed by atoms with Gasteiger partial charge >= 0.3 is 0 Å². The van der Waals surface area contributed by atoms with Crippen molar-refractivity contribution in [2.45, 2.75) is 6.54 Å². The minimum Gasteiger partial charge on any atom is -0.480 e. The van der Waals surface area contributed by atoms with Crippen LogP contribution in [0, 0.1) is 0 Å². The van der Waals surface area contributed by atoms with Crippen LogP contribution in [0.5, 0.6) is 5.88 Å². The predicted molar refractivity (Wildman–Crippen MR) is 39.2 cm³/mol. The van der Waals surface area contributed by atoms with E-state index in [1.54, 1.807) is 0 Å². The first-order chi connectivity index (χ1) is 5.88. The zero-order valence-electron chi connectivity index (χ0n) is 6.38. The summed E-state index contributed by atoms with van der Waals surface area (Å²) in [5.41, 5.74) is 8.47. The van der Waals surface area contributed by atoms with Gasteiger partial charge in [-0.25, -0.2) is 0 Å². The Hall–Kier alpha value is -1.88. The van der Waals surface area contributed by atoms with E-state index >= 15 is 0 Å². The minimum absolute atomic E-state index is 0.0977. The molecule has 0 fully saturated rings. The lowest BCUT2D eigenvalue weighted by Gasteiger charge is -1.99. The first-order valence-electron chi connectivity index (χ1n) is 3.10. The Morgan fingerprint density at radius 1 is 1.75 bits per heavy atom. The van der Waals surface area contributed by atoms with E-state index in [1.807, 2.05) is 0 Å². The number of hydrogen-bond donors (Lipinski definition) is 0. The van der Waals surface area contributed by atoms with Gasteiger partial charge in [-0.3, -0.25) is 0 Å². The van der Waals surface area contributed by atoms with Gasteiger partial charge in [0, 0.05) is 4.91 Å². The summed E-state index contributed by atoms with van der Waals surface area (Å²) < 4.78 is 4.85. The molecule has 0 spiro atoms. The third kappa shape index (κ3) is 1.80. The second kappa shape index (κ2) is 4.09. The Morgan fingerprint density at radius 3 is 3.25 bits per heavy atom. The lowest BCUT2D eigenvalue weighted by atomic mass is 10.4. The average molecular weight is 166 g/mol. The summed E-state index contributed by atoms with van der Waals surface area (Å²) in [7, 11) is 1.46. The van der Waals surface area contributed by atoms with E-state index in [2.05, 4.69) is 25.2 Å². The largest absolute Gasteiger partial charge is 0.480 e. The van der Waals surface area contributed by atoms with Crippen molar-refractivity contribution in [3.63, 3.8) is 0 Å². The van der Waals surface area contributed by atoms with Crippen LogP contribution < -0.4 is 4.74 Å². The molecule has 0 saturated carbocycles. The molecule has 62 valence electrons. The Bertz CT molecular complexity index is 307. The van der Waals surface area contributed by atoms with Crippen LogP contribution in [0.4, 0.5) is 0 Å². The lowest BCUT2D eigenvalue weighted by Crippen LogP contribution is -1.98. The minimum atomic E-state index is 0.0977. The number of rotatable bonds is 3. The smallest absolute Gasteiger partial charge is 0.238 e. The van der Waals surface area contributed by atoms with Crippen molar-refractivity contribution in [3.05, 3.63) is 22.5 Å². The third-order valence-corrected chi connectivity index (χ3v) is 1.13. The molecule has 0 unspecified atom stereocenters. The maximum Gasteiger partial charge on any atom is 0.238 e. The number of aromatic nitrogens is 3. The van der Waals surface area contributed by atoms with E-state index in [-0.39, 0.29) is 6.54 Å². The van der Waals surface area contributed by atoms with Crippen molar-refractivity contribution in [1.29, 1.82) is 0 Å². The van der Waals surface area contributed by atoms with Crippen molar-refractivity contribution in [3.8, 4) is 5.88 Å². The summed E-state index contributed by atoms with van der Waals surface area (Å²) in [6.45, 7) is 0.0977. The van der Waals surface area contributed by atoms with Crippen LogP contribution in [-0.4, -0.2) is 22.3 Å². The molecule has 0 atom stereocenters. The Labute approximate surface area is 68.0 Å². The van der Waals surface area contributed by atoms with Gasteiger partial charge in [0.2, 0.25) is 5.88 Å². The average Bonchev–Trinajstić information content (AvgIpc) is 2.15. The van der Waals surface area contributed by atoms with Crippen molar-refractivity contribution < 1.29 is 4.74 Å². The third-order valence-electron chi connectivity index (χ3n) is 1.13. The van der Waals surface area contributed by atoms with Gasteiger partial charge in [-0.2, -0.15) is 4.98 Å². The summed E-state index contributed by atoms with van der Waals surface area (Å²) in [6, 6.07) is 0. The number of azide groups is 1. The number of methoxy groups -OCH3 is 1. The first kappa shape index (κ1) is 8.22. The van der Waals surface area contributed by atoms with E-state index in [1.165, 1.54) is 13.4 Å². The van der Waals surface area contributed by atoms with Gasteiger partial charge in [0.05, 0.1) is 13.7 Å². The second-order valence-corrected chi connectivity index (χ2v) is 1.80. The normalized spacial score (nSPS) is 8.75. The molecule has 0 N–H and O–H groups in total. The van der Waals surface area contributed by atoms with Crippen molar-refractivity contribution in [2.24, 2.45) is 5.11 Å². The fourth-order valence-electron chi connectivity index (χ4n) is 0.659. The molecule has 1 aromatic heterocycles. The van der Waals surface area contributed by atoms with Gasteiger partial charge < -0.3 is 4.74 Å². The van der Waals surface area contributed by atoms with Gasteiger partial charge in [0.15, 0.2) is 0 Å². The summed E-state index contributed by atoms with van der Waals surface area (Å²) in [5.74, 6) is 0.331. The number of ether oxygens (including phenoxy) is 1. The Kier molecular flexibility index (Phi) is 2.80. The fraction of sp³-hybridized carbons (Fsp3) is 0.400. The molecule has 0 amide bonds. The predicted octanol–water partition coefficient (Wildman–Crippen LogP) is 0.691. The highest BCUT2D eigenvalue weighted by molar-refractivity contribution is 5.14. The van der Waals surface area contributed by atoms with Gasteiger partial charge in [0.25, 0.3) is 0 Å². The van der Waals surface area contributed by atoms with Crippen LogP contribution >= 0.6 is 0 Å². The van der Waals surface area contributed by atoms with E-state index in [0.717, 1.165) is 0 Å². The standard InChI is InChI=1S/C5H6N6O/c1-12-5-4(2-8-11-6)10-9-3-7-5/h3H,2H2,1H3. The molecule has 0 aromatic carbocycles. The second-order valence-electron chi connectivity index (χ2n) is 1.80. The maximum atomic E-state index is 8.04. The molecular formula is C5H6N6O. The van der Waals surface area contributed by atoms with Crippen molar-refractivity contribution in [2.75, 3.05) is 7.11 Å². The summed E-state index contributed by atoms with van der Waals surface area (Å²) in [6.07, 6.45) is 1.26. The molecule has 1 heterocycles. The van der Waals surface area contributed by atoms with Gasteiger partial charge in [0.1, 0.15) is 12.0 Å².